The fourth-order valence-corrected chi connectivity index (χ4v) is 2.00. The Kier molecular flexibility index (Phi) is 7.06. The van der Waals surface area contributed by atoms with E-state index in [1.54, 1.807) is 6.26 Å². The molecule has 18 heavy (non-hydrogen) atoms. The highest BCUT2D eigenvalue weighted by Crippen LogP contribution is 2.15. The lowest BCUT2D eigenvalue weighted by Crippen LogP contribution is -2.15. The van der Waals surface area contributed by atoms with Gasteiger partial charge in [0, 0.05) is 12.1 Å². The molecular weight excluding hydrogens is 226 g/mol. The Morgan fingerprint density at radius 2 is 2.11 bits per heavy atom. The van der Waals surface area contributed by atoms with Gasteiger partial charge in [0.2, 0.25) is 0 Å². The molecule has 0 aliphatic carbocycles. The highest BCUT2D eigenvalue weighted by Gasteiger charge is 2.10. The summed E-state index contributed by atoms with van der Waals surface area (Å²) in [5, 5.41) is 3.38. The lowest BCUT2D eigenvalue weighted by Gasteiger charge is -2.14. The third-order valence-corrected chi connectivity index (χ3v) is 2.88. The van der Waals surface area contributed by atoms with Crippen LogP contribution in [0.1, 0.15) is 51.9 Å². The molecule has 1 N–H and O–H groups in total. The Morgan fingerprint density at radius 1 is 1.33 bits per heavy atom. The normalized spacial score (nSPS) is 13.2. The number of furan rings is 1. The van der Waals surface area contributed by atoms with Gasteiger partial charge in [0.15, 0.2) is 0 Å². The van der Waals surface area contributed by atoms with Gasteiger partial charge in [-0.05, 0) is 38.3 Å². The van der Waals surface area contributed by atoms with Crippen LogP contribution < -0.4 is 5.32 Å². The van der Waals surface area contributed by atoms with E-state index in [4.69, 9.17) is 9.15 Å². The molecule has 0 amide bonds. The summed E-state index contributed by atoms with van der Waals surface area (Å²) in [7, 11) is 0. The summed E-state index contributed by atoms with van der Waals surface area (Å²) in [6.07, 6.45) is 4.26. The number of rotatable bonds is 9. The van der Waals surface area contributed by atoms with Gasteiger partial charge in [-0.2, -0.15) is 0 Å². The predicted octanol–water partition coefficient (Wildman–Crippen LogP) is 3.73. The Morgan fingerprint density at radius 3 is 2.78 bits per heavy atom. The fraction of sp³-hybridized carbons (Fsp3) is 0.733. The van der Waals surface area contributed by atoms with Gasteiger partial charge in [0.1, 0.15) is 12.4 Å². The van der Waals surface area contributed by atoms with Crippen molar-refractivity contribution >= 4 is 0 Å². The third-order valence-electron chi connectivity index (χ3n) is 2.88. The Bertz CT molecular complexity index is 320. The molecule has 1 aromatic heterocycles. The topological polar surface area (TPSA) is 34.4 Å². The average molecular weight is 253 g/mol. The van der Waals surface area contributed by atoms with Gasteiger partial charge in [-0.15, -0.1) is 0 Å². The average Bonchev–Trinajstić information content (AvgIpc) is 2.73. The van der Waals surface area contributed by atoms with E-state index in [1.807, 2.05) is 6.07 Å². The molecule has 1 rings (SSSR count). The first-order valence-electron chi connectivity index (χ1n) is 7.01. The van der Waals surface area contributed by atoms with Crippen LogP contribution in [0.5, 0.6) is 0 Å². The second-order valence-corrected chi connectivity index (χ2v) is 5.30. The summed E-state index contributed by atoms with van der Waals surface area (Å²) in [6.45, 7) is 11.2. The molecule has 3 nitrogen and oxygen atoms in total. The monoisotopic (exact) mass is 253 g/mol. The van der Waals surface area contributed by atoms with Gasteiger partial charge >= 0.3 is 0 Å². The maximum atomic E-state index is 5.82. The van der Waals surface area contributed by atoms with Crippen LogP contribution in [0, 0.1) is 5.92 Å². The van der Waals surface area contributed by atoms with Crippen LogP contribution in [0.25, 0.3) is 0 Å². The number of ether oxygens (including phenoxy) is 1. The second-order valence-electron chi connectivity index (χ2n) is 5.30. The van der Waals surface area contributed by atoms with E-state index < -0.39 is 0 Å². The highest BCUT2D eigenvalue weighted by molar-refractivity contribution is 5.16. The summed E-state index contributed by atoms with van der Waals surface area (Å²) < 4.78 is 11.3. The van der Waals surface area contributed by atoms with Crippen molar-refractivity contribution in [2.24, 2.45) is 5.92 Å². The molecule has 1 unspecified atom stereocenters. The van der Waals surface area contributed by atoms with Gasteiger partial charge in [0.05, 0.1) is 12.4 Å². The van der Waals surface area contributed by atoms with Crippen molar-refractivity contribution < 1.29 is 9.15 Å². The lowest BCUT2D eigenvalue weighted by molar-refractivity contribution is 0.0298. The molecule has 1 heterocycles. The molecular formula is C15H27NO2. The van der Waals surface area contributed by atoms with Gasteiger partial charge in [-0.1, -0.05) is 20.8 Å². The Hall–Kier alpha value is -0.800. The summed E-state index contributed by atoms with van der Waals surface area (Å²) in [5.41, 5.74) is 1.21. The highest BCUT2D eigenvalue weighted by atomic mass is 16.5. The smallest absolute Gasteiger partial charge is 0.133 e. The summed E-state index contributed by atoms with van der Waals surface area (Å²) in [4.78, 5) is 0. The van der Waals surface area contributed by atoms with Gasteiger partial charge in [-0.3, -0.25) is 0 Å². The minimum Gasteiger partial charge on any atom is -0.467 e. The quantitative estimate of drug-likeness (QED) is 0.681. The van der Waals surface area contributed by atoms with E-state index >= 15 is 0 Å². The van der Waals surface area contributed by atoms with Crippen LogP contribution in [0.2, 0.25) is 0 Å². The van der Waals surface area contributed by atoms with E-state index in [0.717, 1.165) is 31.7 Å². The predicted molar refractivity (Wildman–Crippen MR) is 74.4 cm³/mol. The molecule has 0 radical (unpaired) electrons. The summed E-state index contributed by atoms with van der Waals surface area (Å²) >= 11 is 0. The Labute approximate surface area is 111 Å². The molecule has 3 heteroatoms. The molecule has 0 spiro atoms. The maximum Gasteiger partial charge on any atom is 0.133 e. The molecule has 104 valence electrons. The standard InChI is InChI=1S/C15H27NO2/c1-5-7-16-10-14-6-8-17-15(14)11-18-13(4)9-12(2)3/h6,8,12-13,16H,5,7,9-11H2,1-4H3. The molecule has 0 aliphatic rings. The van der Waals surface area contributed by atoms with Crippen molar-refractivity contribution in [2.45, 2.75) is 59.8 Å². The number of hydrogen-bond acceptors (Lipinski definition) is 3. The Balaban J connectivity index is 2.35. The van der Waals surface area contributed by atoms with Crippen LogP contribution in [-0.4, -0.2) is 12.6 Å². The minimum absolute atomic E-state index is 0.284. The molecule has 0 bridgehead atoms. The zero-order valence-electron chi connectivity index (χ0n) is 12.2. The van der Waals surface area contributed by atoms with Crippen molar-refractivity contribution in [3.63, 3.8) is 0 Å². The van der Waals surface area contributed by atoms with Gasteiger partial charge in [0.25, 0.3) is 0 Å². The summed E-state index contributed by atoms with van der Waals surface area (Å²) in [5.74, 6) is 1.62. The van der Waals surface area contributed by atoms with E-state index in [-0.39, 0.29) is 6.10 Å². The van der Waals surface area contributed by atoms with E-state index in [0.29, 0.717) is 12.5 Å². The van der Waals surface area contributed by atoms with Crippen LogP contribution >= 0.6 is 0 Å². The molecule has 0 aromatic carbocycles. The van der Waals surface area contributed by atoms with Crippen LogP contribution in [-0.2, 0) is 17.9 Å². The molecule has 0 fully saturated rings. The molecule has 0 saturated carbocycles. The van der Waals surface area contributed by atoms with Gasteiger partial charge in [-0.25, -0.2) is 0 Å². The van der Waals surface area contributed by atoms with E-state index in [2.05, 4.69) is 33.0 Å². The molecule has 1 atom stereocenters. The van der Waals surface area contributed by atoms with Crippen LogP contribution in [0.3, 0.4) is 0 Å². The van der Waals surface area contributed by atoms with Crippen molar-refractivity contribution in [1.29, 1.82) is 0 Å². The molecule has 1 aromatic rings. The largest absolute Gasteiger partial charge is 0.467 e. The summed E-state index contributed by atoms with van der Waals surface area (Å²) in [6, 6.07) is 2.02. The molecule has 0 saturated heterocycles. The van der Waals surface area contributed by atoms with Crippen molar-refractivity contribution in [3.05, 3.63) is 23.7 Å². The first-order valence-corrected chi connectivity index (χ1v) is 7.01. The van der Waals surface area contributed by atoms with Crippen LogP contribution in [0.15, 0.2) is 16.7 Å². The fourth-order valence-electron chi connectivity index (χ4n) is 2.00. The van der Waals surface area contributed by atoms with Crippen molar-refractivity contribution in [1.82, 2.24) is 5.32 Å². The maximum absolute atomic E-state index is 5.82. The lowest BCUT2D eigenvalue weighted by atomic mass is 10.1. The van der Waals surface area contributed by atoms with Crippen molar-refractivity contribution in [2.75, 3.05) is 6.54 Å². The first kappa shape index (κ1) is 15.3. The number of hydrogen-bond donors (Lipinski definition) is 1. The van der Waals surface area contributed by atoms with Gasteiger partial charge < -0.3 is 14.5 Å². The second kappa shape index (κ2) is 8.33. The number of nitrogens with one attached hydrogen (secondary N) is 1. The van der Waals surface area contributed by atoms with Crippen molar-refractivity contribution in [3.8, 4) is 0 Å². The van der Waals surface area contributed by atoms with Crippen LogP contribution in [0.4, 0.5) is 0 Å². The molecule has 0 aliphatic heterocycles. The van der Waals surface area contributed by atoms with E-state index in [1.165, 1.54) is 5.56 Å². The zero-order chi connectivity index (χ0) is 13.4. The minimum atomic E-state index is 0.284. The zero-order valence-corrected chi connectivity index (χ0v) is 12.2. The SMILES string of the molecule is CCCNCc1ccoc1COC(C)CC(C)C. The third kappa shape index (κ3) is 5.69. The van der Waals surface area contributed by atoms with E-state index in [9.17, 15) is 0 Å². The first-order chi connectivity index (χ1) is 8.63.